The van der Waals surface area contributed by atoms with Crippen molar-refractivity contribution >= 4 is 5.97 Å². The Morgan fingerprint density at radius 1 is 1.00 bits per heavy atom. The van der Waals surface area contributed by atoms with Crippen LogP contribution in [0.2, 0.25) is 0 Å². The largest absolute Gasteiger partial charge is 0.461 e. The molecule has 0 aromatic rings. The standard InChI is InChI=1S/C15H28O2/c1-4-5-6-7-8-9-10-11-12-15(16)17-13-14(2)3/h2,4-13H2,1,3H3. The highest BCUT2D eigenvalue weighted by Gasteiger charge is 2.02. The predicted molar refractivity (Wildman–Crippen MR) is 73.0 cm³/mol. The van der Waals surface area contributed by atoms with Gasteiger partial charge in [0.2, 0.25) is 0 Å². The van der Waals surface area contributed by atoms with Crippen molar-refractivity contribution in [2.24, 2.45) is 0 Å². The lowest BCUT2D eigenvalue weighted by Gasteiger charge is -2.04. The number of rotatable bonds is 11. The van der Waals surface area contributed by atoms with Crippen LogP contribution in [0.15, 0.2) is 12.2 Å². The van der Waals surface area contributed by atoms with Gasteiger partial charge in [-0.15, -0.1) is 0 Å². The minimum absolute atomic E-state index is 0.0843. The number of unbranched alkanes of at least 4 members (excludes halogenated alkanes) is 7. The van der Waals surface area contributed by atoms with Gasteiger partial charge in [0.05, 0.1) is 0 Å². The highest BCUT2D eigenvalue weighted by molar-refractivity contribution is 5.69. The zero-order valence-electron chi connectivity index (χ0n) is 11.6. The lowest BCUT2D eigenvalue weighted by Crippen LogP contribution is -2.05. The first-order chi connectivity index (χ1) is 8.16. The van der Waals surface area contributed by atoms with E-state index in [1.165, 1.54) is 38.5 Å². The molecule has 0 aromatic heterocycles. The number of esters is 1. The van der Waals surface area contributed by atoms with E-state index in [2.05, 4.69) is 13.5 Å². The van der Waals surface area contributed by atoms with Crippen LogP contribution >= 0.6 is 0 Å². The summed E-state index contributed by atoms with van der Waals surface area (Å²) in [5.41, 5.74) is 0.897. The van der Waals surface area contributed by atoms with Gasteiger partial charge < -0.3 is 4.74 Å². The van der Waals surface area contributed by atoms with Crippen LogP contribution in [0, 0.1) is 0 Å². The smallest absolute Gasteiger partial charge is 0.306 e. The highest BCUT2D eigenvalue weighted by Crippen LogP contribution is 2.09. The van der Waals surface area contributed by atoms with Crippen LogP contribution in [-0.4, -0.2) is 12.6 Å². The SMILES string of the molecule is C=C(C)COC(=O)CCCCCCCCCC. The number of hydrogen-bond donors (Lipinski definition) is 0. The van der Waals surface area contributed by atoms with Crippen molar-refractivity contribution in [3.63, 3.8) is 0 Å². The van der Waals surface area contributed by atoms with Gasteiger partial charge in [0.1, 0.15) is 6.61 Å². The van der Waals surface area contributed by atoms with E-state index in [4.69, 9.17) is 4.74 Å². The van der Waals surface area contributed by atoms with Gasteiger partial charge in [0.25, 0.3) is 0 Å². The van der Waals surface area contributed by atoms with Gasteiger partial charge in [-0.25, -0.2) is 0 Å². The first kappa shape index (κ1) is 16.2. The molecule has 0 fully saturated rings. The van der Waals surface area contributed by atoms with E-state index in [0.29, 0.717) is 13.0 Å². The molecule has 100 valence electrons. The average molecular weight is 240 g/mol. The van der Waals surface area contributed by atoms with E-state index in [1.807, 2.05) is 6.92 Å². The molecule has 2 heteroatoms. The van der Waals surface area contributed by atoms with Crippen LogP contribution in [0.4, 0.5) is 0 Å². The van der Waals surface area contributed by atoms with E-state index in [1.54, 1.807) is 0 Å². The summed E-state index contributed by atoms with van der Waals surface area (Å²) in [6, 6.07) is 0. The second-order valence-electron chi connectivity index (χ2n) is 4.84. The third kappa shape index (κ3) is 13.1. The minimum atomic E-state index is -0.0843. The molecule has 2 nitrogen and oxygen atoms in total. The molecule has 0 amide bonds. The summed E-state index contributed by atoms with van der Waals surface area (Å²) in [5, 5.41) is 0. The molecule has 0 spiro atoms. The second kappa shape index (κ2) is 11.7. The Morgan fingerprint density at radius 2 is 1.53 bits per heavy atom. The van der Waals surface area contributed by atoms with Gasteiger partial charge in [-0.1, -0.05) is 58.4 Å². The summed E-state index contributed by atoms with van der Waals surface area (Å²) in [7, 11) is 0. The number of carbonyl (C=O) groups is 1. The maximum atomic E-state index is 11.3. The Kier molecular flexibility index (Phi) is 11.1. The Bertz CT molecular complexity index is 209. The molecule has 0 heterocycles. The topological polar surface area (TPSA) is 26.3 Å². The summed E-state index contributed by atoms with van der Waals surface area (Å²) >= 11 is 0. The molecule has 0 aliphatic rings. The minimum Gasteiger partial charge on any atom is -0.461 e. The predicted octanol–water partition coefficient (Wildman–Crippen LogP) is 4.64. The lowest BCUT2D eigenvalue weighted by molar-refractivity contribution is -0.142. The van der Waals surface area contributed by atoms with Crippen molar-refractivity contribution in [1.29, 1.82) is 0 Å². The fraction of sp³-hybridized carbons (Fsp3) is 0.800. The lowest BCUT2D eigenvalue weighted by atomic mass is 10.1. The van der Waals surface area contributed by atoms with E-state index < -0.39 is 0 Å². The van der Waals surface area contributed by atoms with Crippen LogP contribution in [-0.2, 0) is 9.53 Å². The zero-order valence-corrected chi connectivity index (χ0v) is 11.6. The quantitative estimate of drug-likeness (QED) is 0.299. The Labute approximate surface area is 106 Å². The molecule has 0 saturated heterocycles. The fourth-order valence-corrected chi connectivity index (χ4v) is 1.68. The van der Waals surface area contributed by atoms with Crippen LogP contribution in [0.3, 0.4) is 0 Å². The second-order valence-corrected chi connectivity index (χ2v) is 4.84. The summed E-state index contributed by atoms with van der Waals surface area (Å²) in [4.78, 5) is 11.3. The number of hydrogen-bond acceptors (Lipinski definition) is 2. The van der Waals surface area contributed by atoms with E-state index in [0.717, 1.165) is 18.4 Å². The molecule has 0 bridgehead atoms. The van der Waals surface area contributed by atoms with Crippen molar-refractivity contribution in [2.75, 3.05) is 6.61 Å². The van der Waals surface area contributed by atoms with Crippen molar-refractivity contribution in [1.82, 2.24) is 0 Å². The monoisotopic (exact) mass is 240 g/mol. The van der Waals surface area contributed by atoms with Gasteiger partial charge in [0, 0.05) is 6.42 Å². The van der Waals surface area contributed by atoms with Crippen molar-refractivity contribution in [3.8, 4) is 0 Å². The Balaban J connectivity index is 3.16. The van der Waals surface area contributed by atoms with Crippen LogP contribution in [0.5, 0.6) is 0 Å². The molecule has 0 aliphatic heterocycles. The Morgan fingerprint density at radius 3 is 2.06 bits per heavy atom. The fourth-order valence-electron chi connectivity index (χ4n) is 1.68. The molecule has 0 rings (SSSR count). The van der Waals surface area contributed by atoms with E-state index in [9.17, 15) is 4.79 Å². The van der Waals surface area contributed by atoms with Crippen LogP contribution < -0.4 is 0 Å². The van der Waals surface area contributed by atoms with Crippen LogP contribution in [0.1, 0.15) is 71.6 Å². The average Bonchev–Trinajstić information content (AvgIpc) is 2.30. The third-order valence-electron chi connectivity index (χ3n) is 2.71. The van der Waals surface area contributed by atoms with Crippen LogP contribution in [0.25, 0.3) is 0 Å². The molecular weight excluding hydrogens is 212 g/mol. The number of carbonyl (C=O) groups excluding carboxylic acids is 1. The van der Waals surface area contributed by atoms with Gasteiger partial charge in [0.15, 0.2) is 0 Å². The first-order valence-electron chi connectivity index (χ1n) is 6.96. The maximum absolute atomic E-state index is 11.3. The number of ether oxygens (including phenoxy) is 1. The Hall–Kier alpha value is -0.790. The molecule has 0 unspecified atom stereocenters. The van der Waals surface area contributed by atoms with Crippen molar-refractivity contribution in [2.45, 2.75) is 71.6 Å². The zero-order chi connectivity index (χ0) is 12.9. The molecule has 0 N–H and O–H groups in total. The maximum Gasteiger partial charge on any atom is 0.306 e. The molecule has 17 heavy (non-hydrogen) atoms. The van der Waals surface area contributed by atoms with Crippen molar-refractivity contribution in [3.05, 3.63) is 12.2 Å². The van der Waals surface area contributed by atoms with Gasteiger partial charge in [-0.2, -0.15) is 0 Å². The van der Waals surface area contributed by atoms with E-state index in [-0.39, 0.29) is 5.97 Å². The molecule has 0 aromatic carbocycles. The summed E-state index contributed by atoms with van der Waals surface area (Å²) in [6.07, 6.45) is 10.6. The molecule has 0 aliphatic carbocycles. The van der Waals surface area contributed by atoms with Gasteiger partial charge in [-0.3, -0.25) is 4.79 Å². The van der Waals surface area contributed by atoms with Gasteiger partial charge >= 0.3 is 5.97 Å². The summed E-state index contributed by atoms with van der Waals surface area (Å²) in [5.74, 6) is -0.0843. The summed E-state index contributed by atoms with van der Waals surface area (Å²) < 4.78 is 5.02. The summed E-state index contributed by atoms with van der Waals surface area (Å²) in [6.45, 7) is 8.16. The van der Waals surface area contributed by atoms with Crippen molar-refractivity contribution < 1.29 is 9.53 Å². The highest BCUT2D eigenvalue weighted by atomic mass is 16.5. The third-order valence-corrected chi connectivity index (χ3v) is 2.71. The normalized spacial score (nSPS) is 10.2. The van der Waals surface area contributed by atoms with Gasteiger partial charge in [-0.05, 0) is 18.9 Å². The first-order valence-corrected chi connectivity index (χ1v) is 6.96. The van der Waals surface area contributed by atoms with E-state index >= 15 is 0 Å². The molecule has 0 saturated carbocycles. The molecule has 0 atom stereocenters. The molecule has 0 radical (unpaired) electrons. The molecular formula is C15H28O2.